The van der Waals surface area contributed by atoms with Crippen LogP contribution in [-0.4, -0.2) is 64.0 Å². The maximum Gasteiger partial charge on any atom is 0.258 e. The van der Waals surface area contributed by atoms with E-state index in [0.717, 1.165) is 37.4 Å². The van der Waals surface area contributed by atoms with Gasteiger partial charge in [0.05, 0.1) is 17.6 Å². The van der Waals surface area contributed by atoms with Gasteiger partial charge in [-0.25, -0.2) is 4.98 Å². The van der Waals surface area contributed by atoms with Gasteiger partial charge in [-0.05, 0) is 49.0 Å². The number of piperazine rings is 1. The van der Waals surface area contributed by atoms with Gasteiger partial charge in [-0.2, -0.15) is 0 Å². The lowest BCUT2D eigenvalue weighted by Crippen LogP contribution is -2.44. The van der Waals surface area contributed by atoms with Crippen LogP contribution in [-0.2, 0) is 6.54 Å². The minimum absolute atomic E-state index is 0.195. The van der Waals surface area contributed by atoms with E-state index >= 15 is 0 Å². The van der Waals surface area contributed by atoms with Crippen LogP contribution < -0.4 is 10.5 Å². The molecule has 8 heteroatoms. The average molecular weight is 469 g/mol. The number of aromatic nitrogens is 3. The molecule has 0 bridgehead atoms. The summed E-state index contributed by atoms with van der Waals surface area (Å²) in [5.41, 5.74) is 3.03. The summed E-state index contributed by atoms with van der Waals surface area (Å²) in [4.78, 5) is 28.3. The third-order valence-electron chi connectivity index (χ3n) is 6.31. The molecule has 0 saturated carbocycles. The van der Waals surface area contributed by atoms with Gasteiger partial charge in [0, 0.05) is 67.8 Å². The van der Waals surface area contributed by atoms with Crippen LogP contribution in [0.3, 0.4) is 0 Å². The van der Waals surface area contributed by atoms with Gasteiger partial charge in [0.2, 0.25) is 5.88 Å². The molecule has 0 aliphatic carbocycles. The highest BCUT2D eigenvalue weighted by Crippen LogP contribution is 2.25. The molecular weight excluding hydrogens is 440 g/mol. The average Bonchev–Trinajstić information content (AvgIpc) is 3.38. The van der Waals surface area contributed by atoms with Crippen molar-refractivity contribution in [3.63, 3.8) is 0 Å². The van der Waals surface area contributed by atoms with Gasteiger partial charge in [0.15, 0.2) is 0 Å². The molecule has 0 atom stereocenters. The number of aromatic amines is 1. The lowest BCUT2D eigenvalue weighted by Gasteiger charge is -2.34. The summed E-state index contributed by atoms with van der Waals surface area (Å²) in [6.45, 7) is 4.82. The highest BCUT2D eigenvalue weighted by atomic mass is 16.3. The standard InChI is InChI=1S/C27H28N6O2/c1-31-13-15-33(16-14-31)22-7-5-21(6-8-22)29-18-25-24-17-20(3-2-11-32-12-10-28-19-32)4-9-23(24)26(34)30-27(25)35/h2-10,12,17-19H,11,13-16H2,1H3,(H2,30,34,35)/b3-2+,29-18?. The smallest absolute Gasteiger partial charge is 0.258 e. The monoisotopic (exact) mass is 468 g/mol. The van der Waals surface area contributed by atoms with Crippen LogP contribution in [0.15, 0.2) is 77.0 Å². The lowest BCUT2D eigenvalue weighted by atomic mass is 10.0. The Hall–Kier alpha value is -4.17. The van der Waals surface area contributed by atoms with Crippen molar-refractivity contribution >= 4 is 34.4 Å². The van der Waals surface area contributed by atoms with E-state index in [1.54, 1.807) is 24.8 Å². The number of nitrogens with zero attached hydrogens (tertiary/aromatic N) is 5. The maximum atomic E-state index is 12.4. The van der Waals surface area contributed by atoms with Gasteiger partial charge >= 0.3 is 0 Å². The van der Waals surface area contributed by atoms with E-state index < -0.39 is 0 Å². The number of hydrogen-bond donors (Lipinski definition) is 2. The Balaban J connectivity index is 1.39. The van der Waals surface area contributed by atoms with Crippen molar-refractivity contribution < 1.29 is 5.11 Å². The fraction of sp³-hybridized carbons (Fsp3) is 0.222. The Kier molecular flexibility index (Phi) is 6.45. The Bertz CT molecular complexity index is 1410. The number of allylic oxidation sites excluding steroid dienone is 1. The molecule has 1 aliphatic rings. The first kappa shape index (κ1) is 22.6. The summed E-state index contributed by atoms with van der Waals surface area (Å²) < 4.78 is 1.96. The van der Waals surface area contributed by atoms with Gasteiger partial charge in [0.25, 0.3) is 5.56 Å². The third kappa shape index (κ3) is 5.17. The molecule has 35 heavy (non-hydrogen) atoms. The summed E-state index contributed by atoms with van der Waals surface area (Å²) >= 11 is 0. The molecule has 2 aromatic carbocycles. The van der Waals surface area contributed by atoms with Crippen molar-refractivity contribution in [3.05, 3.63) is 88.7 Å². The first-order chi connectivity index (χ1) is 17.1. The number of anilines is 1. The Morgan fingerprint density at radius 2 is 1.89 bits per heavy atom. The molecule has 4 aromatic rings. The summed E-state index contributed by atoms with van der Waals surface area (Å²) in [6, 6.07) is 13.6. The number of likely N-dealkylation sites (N-methyl/N-ethyl adjacent to an activating group) is 1. The fourth-order valence-electron chi connectivity index (χ4n) is 4.25. The summed E-state index contributed by atoms with van der Waals surface area (Å²) in [7, 11) is 2.14. The lowest BCUT2D eigenvalue weighted by molar-refractivity contribution is 0.313. The fourth-order valence-corrected chi connectivity index (χ4v) is 4.25. The summed E-state index contributed by atoms with van der Waals surface area (Å²) in [5.74, 6) is -0.195. The van der Waals surface area contributed by atoms with Crippen LogP contribution in [0.4, 0.5) is 11.4 Å². The van der Waals surface area contributed by atoms with Gasteiger partial charge in [-0.15, -0.1) is 0 Å². The number of H-pyrrole nitrogens is 1. The number of nitrogens with one attached hydrogen (secondary N) is 1. The topological polar surface area (TPSA) is 89.8 Å². The first-order valence-corrected chi connectivity index (χ1v) is 11.7. The van der Waals surface area contributed by atoms with E-state index in [-0.39, 0.29) is 11.4 Å². The second-order valence-corrected chi connectivity index (χ2v) is 8.75. The van der Waals surface area contributed by atoms with E-state index in [0.29, 0.717) is 22.9 Å². The molecule has 1 aliphatic heterocycles. The first-order valence-electron chi connectivity index (χ1n) is 11.7. The minimum Gasteiger partial charge on any atom is -0.494 e. The molecule has 0 radical (unpaired) electrons. The second kappa shape index (κ2) is 9.99. The number of aromatic hydroxyl groups is 1. The number of pyridine rings is 1. The molecule has 1 saturated heterocycles. The molecule has 3 heterocycles. The normalized spacial score (nSPS) is 15.1. The summed E-state index contributed by atoms with van der Waals surface area (Å²) in [5, 5.41) is 11.7. The van der Waals surface area contributed by atoms with Gasteiger partial charge in [-0.3, -0.25) is 14.8 Å². The summed E-state index contributed by atoms with van der Waals surface area (Å²) in [6.07, 6.45) is 11.0. The van der Waals surface area contributed by atoms with Crippen LogP contribution in [0.25, 0.3) is 16.8 Å². The van der Waals surface area contributed by atoms with E-state index in [1.165, 1.54) is 5.69 Å². The van der Waals surface area contributed by atoms with E-state index in [1.807, 2.05) is 47.2 Å². The predicted molar refractivity (Wildman–Crippen MR) is 141 cm³/mol. The highest BCUT2D eigenvalue weighted by molar-refractivity contribution is 6.02. The number of fused-ring (bicyclic) bond motifs is 1. The van der Waals surface area contributed by atoms with Gasteiger partial charge in [-0.1, -0.05) is 18.2 Å². The molecule has 178 valence electrons. The second-order valence-electron chi connectivity index (χ2n) is 8.75. The number of aliphatic imine (C=N–C) groups is 1. The predicted octanol–water partition coefficient (Wildman–Crippen LogP) is 3.65. The van der Waals surface area contributed by atoms with Crippen molar-refractivity contribution in [1.82, 2.24) is 19.4 Å². The highest BCUT2D eigenvalue weighted by Gasteiger charge is 2.14. The molecule has 0 spiro atoms. The van der Waals surface area contributed by atoms with Crippen LogP contribution in [0.1, 0.15) is 11.1 Å². The molecule has 1 fully saturated rings. The van der Waals surface area contributed by atoms with Crippen molar-refractivity contribution in [3.8, 4) is 5.88 Å². The zero-order valence-corrected chi connectivity index (χ0v) is 19.6. The Morgan fingerprint density at radius 1 is 1.09 bits per heavy atom. The largest absolute Gasteiger partial charge is 0.494 e. The molecule has 2 N–H and O–H groups in total. The van der Waals surface area contributed by atoms with Crippen molar-refractivity contribution in [2.24, 2.45) is 4.99 Å². The molecule has 0 unspecified atom stereocenters. The van der Waals surface area contributed by atoms with Crippen molar-refractivity contribution in [1.29, 1.82) is 0 Å². The van der Waals surface area contributed by atoms with E-state index in [9.17, 15) is 9.90 Å². The Labute approximate surface area is 203 Å². The van der Waals surface area contributed by atoms with E-state index in [2.05, 4.69) is 43.9 Å². The van der Waals surface area contributed by atoms with Gasteiger partial charge < -0.3 is 19.5 Å². The number of rotatable bonds is 6. The number of benzene rings is 2. The number of hydrogen-bond acceptors (Lipinski definition) is 6. The molecule has 2 aromatic heterocycles. The van der Waals surface area contributed by atoms with Crippen LogP contribution in [0, 0.1) is 0 Å². The SMILES string of the molecule is CN1CCN(c2ccc(N=Cc3c(O)[nH]c(=O)c4ccc(/C=C/Cn5ccnc5)cc34)cc2)CC1. The van der Waals surface area contributed by atoms with Crippen LogP contribution >= 0.6 is 0 Å². The van der Waals surface area contributed by atoms with Crippen molar-refractivity contribution in [2.45, 2.75) is 6.54 Å². The molecule has 8 nitrogen and oxygen atoms in total. The Morgan fingerprint density at radius 3 is 2.63 bits per heavy atom. The van der Waals surface area contributed by atoms with E-state index in [4.69, 9.17) is 0 Å². The van der Waals surface area contributed by atoms with Crippen LogP contribution in [0.2, 0.25) is 0 Å². The quantitative estimate of drug-likeness (QED) is 0.422. The molecule has 0 amide bonds. The van der Waals surface area contributed by atoms with Crippen LogP contribution in [0.5, 0.6) is 5.88 Å². The molecule has 5 rings (SSSR count). The molecular formula is C27H28N6O2. The third-order valence-corrected chi connectivity index (χ3v) is 6.31. The zero-order chi connectivity index (χ0) is 24.2. The minimum atomic E-state index is -0.333. The van der Waals surface area contributed by atoms with Crippen molar-refractivity contribution in [2.75, 3.05) is 38.1 Å². The van der Waals surface area contributed by atoms with Gasteiger partial charge in [0.1, 0.15) is 0 Å². The number of imidazole rings is 1. The maximum absolute atomic E-state index is 12.4. The zero-order valence-electron chi connectivity index (χ0n) is 19.6.